The Kier molecular flexibility index (Phi) is 8.12. The lowest BCUT2D eigenvalue weighted by Crippen LogP contribution is -2.32. The van der Waals surface area contributed by atoms with Crippen LogP contribution in [0.4, 0.5) is 9.18 Å². The third-order valence-electron chi connectivity index (χ3n) is 6.04. The van der Waals surface area contributed by atoms with Crippen molar-refractivity contribution < 1.29 is 33.0 Å². The van der Waals surface area contributed by atoms with E-state index in [0.717, 1.165) is 27.4 Å². The number of hydrogen-bond acceptors (Lipinski definition) is 7. The van der Waals surface area contributed by atoms with E-state index in [0.29, 0.717) is 17.9 Å². The molecule has 0 spiro atoms. The number of carbonyl (C=O) groups is 3. The van der Waals surface area contributed by atoms with Gasteiger partial charge in [0.25, 0.3) is 11.1 Å². The minimum Gasteiger partial charge on any atom is -0.491 e. The van der Waals surface area contributed by atoms with E-state index in [-0.39, 0.29) is 40.4 Å². The van der Waals surface area contributed by atoms with Crippen LogP contribution in [0.15, 0.2) is 89.8 Å². The maximum atomic E-state index is 13.2. The zero-order valence-corrected chi connectivity index (χ0v) is 22.3. The molecule has 9 heteroatoms. The molecule has 0 N–H and O–H groups in total. The van der Waals surface area contributed by atoms with Gasteiger partial charge in [0, 0.05) is 5.39 Å². The monoisotopic (exact) mass is 557 g/mol. The van der Waals surface area contributed by atoms with Gasteiger partial charge in [-0.25, -0.2) is 9.18 Å². The number of thioether (sulfide) groups is 1. The van der Waals surface area contributed by atoms with Gasteiger partial charge in [-0.2, -0.15) is 0 Å². The molecule has 40 heavy (non-hydrogen) atoms. The standard InChI is InChI=1S/C31H24FNO6S/c1-2-37-27-18-20(10-15-26(27)39-30(35)22-11-13-23(32)14-12-22)19-28-29(34)33(31(36)40-28)16-17-38-25-9-5-7-21-6-3-4-8-24(21)25/h3-15,18-19H,2,16-17H2,1H3/b28-19-. The van der Waals surface area contributed by atoms with Crippen LogP contribution in [-0.4, -0.2) is 41.8 Å². The van der Waals surface area contributed by atoms with Crippen LogP contribution in [0.25, 0.3) is 16.8 Å². The topological polar surface area (TPSA) is 82.1 Å². The van der Waals surface area contributed by atoms with E-state index in [1.54, 1.807) is 31.2 Å². The van der Waals surface area contributed by atoms with Gasteiger partial charge >= 0.3 is 5.97 Å². The lowest BCUT2D eigenvalue weighted by Gasteiger charge is -2.14. The van der Waals surface area contributed by atoms with Crippen molar-refractivity contribution in [2.24, 2.45) is 0 Å². The molecule has 0 saturated carbocycles. The number of nitrogens with zero attached hydrogens (tertiary/aromatic N) is 1. The third kappa shape index (κ3) is 6.00. The predicted molar refractivity (Wildman–Crippen MR) is 151 cm³/mol. The number of hydrogen-bond donors (Lipinski definition) is 0. The normalized spacial score (nSPS) is 14.2. The van der Waals surface area contributed by atoms with Gasteiger partial charge in [0.15, 0.2) is 11.5 Å². The van der Waals surface area contributed by atoms with Crippen molar-refractivity contribution in [3.8, 4) is 17.2 Å². The molecular formula is C31H24FNO6S. The van der Waals surface area contributed by atoms with E-state index in [2.05, 4.69) is 0 Å². The van der Waals surface area contributed by atoms with E-state index < -0.39 is 17.7 Å². The van der Waals surface area contributed by atoms with Crippen molar-refractivity contribution in [2.45, 2.75) is 6.92 Å². The van der Waals surface area contributed by atoms with Crippen molar-refractivity contribution in [1.29, 1.82) is 0 Å². The summed E-state index contributed by atoms with van der Waals surface area (Å²) in [5, 5.41) is 1.61. The fourth-order valence-corrected chi connectivity index (χ4v) is 4.99. The maximum Gasteiger partial charge on any atom is 0.343 e. The highest BCUT2D eigenvalue weighted by Crippen LogP contribution is 2.35. The molecule has 2 amide bonds. The van der Waals surface area contributed by atoms with Gasteiger partial charge < -0.3 is 14.2 Å². The molecule has 202 valence electrons. The Morgan fingerprint density at radius 2 is 1.68 bits per heavy atom. The van der Waals surface area contributed by atoms with Gasteiger partial charge in [0.2, 0.25) is 0 Å². The average Bonchev–Trinajstić information content (AvgIpc) is 3.22. The molecule has 1 aliphatic rings. The van der Waals surface area contributed by atoms with Crippen LogP contribution in [0.1, 0.15) is 22.8 Å². The number of esters is 1. The van der Waals surface area contributed by atoms with Crippen molar-refractivity contribution in [2.75, 3.05) is 19.8 Å². The summed E-state index contributed by atoms with van der Waals surface area (Å²) in [5.41, 5.74) is 0.772. The Morgan fingerprint density at radius 1 is 0.900 bits per heavy atom. The number of amides is 2. The van der Waals surface area contributed by atoms with Crippen LogP contribution >= 0.6 is 11.8 Å². The molecule has 1 fully saturated rings. The molecule has 0 aromatic heterocycles. The molecule has 4 aromatic rings. The van der Waals surface area contributed by atoms with Crippen LogP contribution < -0.4 is 14.2 Å². The van der Waals surface area contributed by atoms with E-state index in [1.165, 1.54) is 24.3 Å². The first-order valence-corrected chi connectivity index (χ1v) is 13.3. The minimum atomic E-state index is -0.666. The molecule has 1 saturated heterocycles. The largest absolute Gasteiger partial charge is 0.491 e. The summed E-state index contributed by atoms with van der Waals surface area (Å²) in [4.78, 5) is 39.5. The molecule has 1 aliphatic heterocycles. The first-order valence-electron chi connectivity index (χ1n) is 12.5. The zero-order chi connectivity index (χ0) is 28.1. The molecule has 7 nitrogen and oxygen atoms in total. The van der Waals surface area contributed by atoms with Crippen LogP contribution in [0.5, 0.6) is 17.2 Å². The molecule has 0 unspecified atom stereocenters. The molecule has 5 rings (SSSR count). The van der Waals surface area contributed by atoms with Crippen molar-refractivity contribution in [3.63, 3.8) is 0 Å². The van der Waals surface area contributed by atoms with Gasteiger partial charge in [0.05, 0.1) is 23.6 Å². The second-order valence-electron chi connectivity index (χ2n) is 8.69. The lowest BCUT2D eigenvalue weighted by atomic mass is 10.1. The smallest absolute Gasteiger partial charge is 0.343 e. The van der Waals surface area contributed by atoms with E-state index in [9.17, 15) is 18.8 Å². The Hall–Kier alpha value is -4.63. The quantitative estimate of drug-likeness (QED) is 0.128. The number of carbonyl (C=O) groups excluding carboxylic acids is 3. The van der Waals surface area contributed by atoms with E-state index in [4.69, 9.17) is 14.2 Å². The Morgan fingerprint density at radius 3 is 2.48 bits per heavy atom. The van der Waals surface area contributed by atoms with E-state index >= 15 is 0 Å². The predicted octanol–water partition coefficient (Wildman–Crippen LogP) is 6.71. The number of fused-ring (bicyclic) bond motifs is 1. The van der Waals surface area contributed by atoms with Gasteiger partial charge in [-0.15, -0.1) is 0 Å². The average molecular weight is 558 g/mol. The molecule has 4 aromatic carbocycles. The second-order valence-corrected chi connectivity index (χ2v) is 9.69. The highest BCUT2D eigenvalue weighted by Gasteiger charge is 2.35. The Labute approximate surface area is 234 Å². The number of ether oxygens (including phenoxy) is 3. The molecule has 0 radical (unpaired) electrons. The Bertz CT molecular complexity index is 1610. The minimum absolute atomic E-state index is 0.105. The molecule has 1 heterocycles. The Balaban J connectivity index is 1.26. The number of imide groups is 1. The maximum absolute atomic E-state index is 13.2. The van der Waals surface area contributed by atoms with Gasteiger partial charge in [0.1, 0.15) is 18.2 Å². The zero-order valence-electron chi connectivity index (χ0n) is 21.5. The number of halogens is 1. The van der Waals surface area contributed by atoms with Crippen molar-refractivity contribution in [3.05, 3.63) is 107 Å². The summed E-state index contributed by atoms with van der Waals surface area (Å²) in [6.45, 7) is 2.34. The number of rotatable bonds is 9. The summed E-state index contributed by atoms with van der Waals surface area (Å²) in [5.74, 6) is -0.398. The van der Waals surface area contributed by atoms with Crippen molar-refractivity contribution >= 4 is 45.7 Å². The van der Waals surface area contributed by atoms with Gasteiger partial charge in [-0.1, -0.05) is 42.5 Å². The fraction of sp³-hybridized carbons (Fsp3) is 0.129. The molecule has 0 atom stereocenters. The first-order chi connectivity index (χ1) is 19.4. The molecule has 0 bridgehead atoms. The van der Waals surface area contributed by atoms with Crippen LogP contribution in [-0.2, 0) is 4.79 Å². The third-order valence-corrected chi connectivity index (χ3v) is 6.95. The molecule has 0 aliphatic carbocycles. The van der Waals surface area contributed by atoms with Crippen LogP contribution in [0.2, 0.25) is 0 Å². The highest BCUT2D eigenvalue weighted by molar-refractivity contribution is 8.18. The van der Waals surface area contributed by atoms with Crippen molar-refractivity contribution in [1.82, 2.24) is 4.90 Å². The lowest BCUT2D eigenvalue weighted by molar-refractivity contribution is -0.123. The summed E-state index contributed by atoms with van der Waals surface area (Å²) < 4.78 is 30.2. The van der Waals surface area contributed by atoms with Gasteiger partial charge in [-0.05, 0) is 78.2 Å². The summed E-state index contributed by atoms with van der Waals surface area (Å²) >= 11 is 0.844. The van der Waals surface area contributed by atoms with Crippen LogP contribution in [0, 0.1) is 5.82 Å². The number of benzene rings is 4. The molecular weight excluding hydrogens is 533 g/mol. The SMILES string of the molecule is CCOc1cc(/C=C2\SC(=O)N(CCOc3cccc4ccccc34)C2=O)ccc1OC(=O)c1ccc(F)cc1. The van der Waals surface area contributed by atoms with Crippen LogP contribution in [0.3, 0.4) is 0 Å². The fourth-order valence-electron chi connectivity index (χ4n) is 4.12. The first kappa shape index (κ1) is 27.0. The highest BCUT2D eigenvalue weighted by atomic mass is 32.2. The second kappa shape index (κ2) is 12.0. The summed E-state index contributed by atoms with van der Waals surface area (Å²) in [6.07, 6.45) is 1.59. The summed E-state index contributed by atoms with van der Waals surface area (Å²) in [7, 11) is 0. The summed E-state index contributed by atoms with van der Waals surface area (Å²) in [6, 6.07) is 23.4. The van der Waals surface area contributed by atoms with E-state index in [1.807, 2.05) is 42.5 Å². The van der Waals surface area contributed by atoms with Gasteiger partial charge in [-0.3, -0.25) is 14.5 Å².